The normalized spacial score (nSPS) is 12.1. The van der Waals surface area contributed by atoms with Crippen molar-refractivity contribution < 1.29 is 24.5 Å². The molecule has 0 saturated carbocycles. The highest BCUT2D eigenvalue weighted by Crippen LogP contribution is 2.38. The van der Waals surface area contributed by atoms with Crippen LogP contribution in [0.2, 0.25) is 0 Å². The molecule has 0 aliphatic rings. The summed E-state index contributed by atoms with van der Waals surface area (Å²) in [5.74, 6) is -0.297. The Balaban J connectivity index is 3.45. The van der Waals surface area contributed by atoms with Crippen LogP contribution in [-0.4, -0.2) is 30.4 Å². The van der Waals surface area contributed by atoms with Crippen molar-refractivity contribution in [3.63, 3.8) is 0 Å². The zero-order valence-electron chi connectivity index (χ0n) is 10.3. The van der Waals surface area contributed by atoms with E-state index < -0.39 is 12.1 Å². The standard InChI is InChI=1S/C12H16O5/c1-6-5-8(9(13)12(14)15)7(2)11(17-4)10(6)16-3/h5,9,13H,1-4H3,(H,14,15). The fraction of sp³-hybridized carbons (Fsp3) is 0.417. The van der Waals surface area contributed by atoms with Crippen molar-refractivity contribution in [3.8, 4) is 11.5 Å². The molecule has 94 valence electrons. The number of rotatable bonds is 4. The average Bonchev–Trinajstić information content (AvgIpc) is 2.29. The van der Waals surface area contributed by atoms with E-state index in [0.717, 1.165) is 0 Å². The van der Waals surface area contributed by atoms with Gasteiger partial charge in [0.25, 0.3) is 0 Å². The zero-order chi connectivity index (χ0) is 13.2. The lowest BCUT2D eigenvalue weighted by atomic mass is 9.98. The number of hydrogen-bond acceptors (Lipinski definition) is 4. The van der Waals surface area contributed by atoms with E-state index in [1.54, 1.807) is 19.9 Å². The fourth-order valence-corrected chi connectivity index (χ4v) is 1.80. The van der Waals surface area contributed by atoms with Crippen LogP contribution in [0.1, 0.15) is 22.8 Å². The molecule has 0 bridgehead atoms. The fourth-order valence-electron chi connectivity index (χ4n) is 1.80. The smallest absolute Gasteiger partial charge is 0.337 e. The van der Waals surface area contributed by atoms with Crippen LogP contribution in [0.15, 0.2) is 6.07 Å². The van der Waals surface area contributed by atoms with E-state index in [4.69, 9.17) is 14.6 Å². The predicted molar refractivity (Wildman–Crippen MR) is 61.6 cm³/mol. The Labute approximate surface area is 99.6 Å². The van der Waals surface area contributed by atoms with Crippen LogP contribution < -0.4 is 9.47 Å². The Morgan fingerprint density at radius 1 is 1.24 bits per heavy atom. The molecule has 2 N–H and O–H groups in total. The SMILES string of the molecule is COc1c(C)cc(C(O)C(=O)O)c(C)c1OC. The molecule has 1 rings (SSSR count). The average molecular weight is 240 g/mol. The van der Waals surface area contributed by atoms with Crippen LogP contribution in [0.3, 0.4) is 0 Å². The molecule has 0 aliphatic heterocycles. The molecule has 5 nitrogen and oxygen atoms in total. The highest BCUT2D eigenvalue weighted by atomic mass is 16.5. The quantitative estimate of drug-likeness (QED) is 0.832. The van der Waals surface area contributed by atoms with E-state index in [1.807, 2.05) is 0 Å². The molecule has 0 aromatic heterocycles. The topological polar surface area (TPSA) is 76.0 Å². The maximum atomic E-state index is 10.8. The van der Waals surface area contributed by atoms with Crippen LogP contribution in [0.25, 0.3) is 0 Å². The molecule has 0 radical (unpaired) electrons. The van der Waals surface area contributed by atoms with Gasteiger partial charge in [0.1, 0.15) is 0 Å². The number of aliphatic carboxylic acids is 1. The minimum atomic E-state index is -1.56. The van der Waals surface area contributed by atoms with Gasteiger partial charge in [0.15, 0.2) is 17.6 Å². The predicted octanol–water partition coefficient (Wildman–Crippen LogP) is 1.44. The second-order valence-electron chi connectivity index (χ2n) is 3.71. The first-order valence-corrected chi connectivity index (χ1v) is 5.07. The third-order valence-electron chi connectivity index (χ3n) is 2.65. The number of aryl methyl sites for hydroxylation is 1. The van der Waals surface area contributed by atoms with Crippen LogP contribution in [-0.2, 0) is 4.79 Å². The molecule has 0 saturated heterocycles. The monoisotopic (exact) mass is 240 g/mol. The van der Waals surface area contributed by atoms with Crippen molar-refractivity contribution in [2.24, 2.45) is 0 Å². The summed E-state index contributed by atoms with van der Waals surface area (Å²) in [6, 6.07) is 1.59. The highest BCUT2D eigenvalue weighted by Gasteiger charge is 2.23. The molecule has 0 spiro atoms. The van der Waals surface area contributed by atoms with Crippen LogP contribution >= 0.6 is 0 Å². The highest BCUT2D eigenvalue weighted by molar-refractivity contribution is 5.75. The third kappa shape index (κ3) is 2.34. The number of aliphatic hydroxyl groups excluding tert-OH is 1. The summed E-state index contributed by atoms with van der Waals surface area (Å²) >= 11 is 0. The van der Waals surface area contributed by atoms with Gasteiger partial charge in [-0.3, -0.25) is 0 Å². The Morgan fingerprint density at radius 2 is 1.76 bits per heavy atom. The van der Waals surface area contributed by atoms with Gasteiger partial charge in [-0.05, 0) is 31.0 Å². The number of carbonyl (C=O) groups is 1. The van der Waals surface area contributed by atoms with Gasteiger partial charge in [-0.1, -0.05) is 0 Å². The zero-order valence-corrected chi connectivity index (χ0v) is 10.3. The van der Waals surface area contributed by atoms with Crippen molar-refractivity contribution in [2.45, 2.75) is 20.0 Å². The van der Waals surface area contributed by atoms with Crippen LogP contribution in [0.4, 0.5) is 0 Å². The summed E-state index contributed by atoms with van der Waals surface area (Å²) in [4.78, 5) is 10.8. The molecule has 1 unspecified atom stereocenters. The molecule has 1 aromatic carbocycles. The Hall–Kier alpha value is -1.75. The van der Waals surface area contributed by atoms with Crippen molar-refractivity contribution in [1.82, 2.24) is 0 Å². The van der Waals surface area contributed by atoms with Gasteiger partial charge in [0.05, 0.1) is 14.2 Å². The molecule has 0 fully saturated rings. The van der Waals surface area contributed by atoms with Crippen molar-refractivity contribution in [3.05, 3.63) is 22.8 Å². The van der Waals surface area contributed by atoms with Crippen molar-refractivity contribution >= 4 is 5.97 Å². The van der Waals surface area contributed by atoms with Gasteiger partial charge in [0.2, 0.25) is 0 Å². The number of carboxylic acid groups (broad SMARTS) is 1. The van der Waals surface area contributed by atoms with E-state index >= 15 is 0 Å². The van der Waals surface area contributed by atoms with E-state index in [9.17, 15) is 9.90 Å². The molecule has 0 amide bonds. The van der Waals surface area contributed by atoms with E-state index in [0.29, 0.717) is 28.2 Å². The first kappa shape index (κ1) is 13.3. The Morgan fingerprint density at radius 3 is 2.18 bits per heavy atom. The first-order valence-electron chi connectivity index (χ1n) is 5.07. The van der Waals surface area contributed by atoms with Crippen molar-refractivity contribution in [2.75, 3.05) is 14.2 Å². The molecule has 17 heavy (non-hydrogen) atoms. The third-order valence-corrected chi connectivity index (χ3v) is 2.65. The van der Waals surface area contributed by atoms with E-state index in [1.165, 1.54) is 14.2 Å². The molecular formula is C12H16O5. The second kappa shape index (κ2) is 5.05. The van der Waals surface area contributed by atoms with Gasteiger partial charge in [-0.2, -0.15) is 0 Å². The number of ether oxygens (including phenoxy) is 2. The van der Waals surface area contributed by atoms with E-state index in [2.05, 4.69) is 0 Å². The number of methoxy groups -OCH3 is 2. The largest absolute Gasteiger partial charge is 0.493 e. The minimum absolute atomic E-state index is 0.313. The number of carboxylic acids is 1. The molecule has 0 heterocycles. The maximum absolute atomic E-state index is 10.8. The second-order valence-corrected chi connectivity index (χ2v) is 3.71. The van der Waals surface area contributed by atoms with E-state index in [-0.39, 0.29) is 0 Å². The van der Waals surface area contributed by atoms with Gasteiger partial charge >= 0.3 is 5.97 Å². The van der Waals surface area contributed by atoms with Crippen molar-refractivity contribution in [1.29, 1.82) is 0 Å². The summed E-state index contributed by atoms with van der Waals surface area (Å²) in [7, 11) is 2.98. The van der Waals surface area contributed by atoms with Gasteiger partial charge in [-0.15, -0.1) is 0 Å². The molecule has 1 atom stereocenters. The Kier molecular flexibility index (Phi) is 3.96. The van der Waals surface area contributed by atoms with Gasteiger partial charge < -0.3 is 19.7 Å². The summed E-state index contributed by atoms with van der Waals surface area (Å²) in [6.07, 6.45) is -1.56. The number of hydrogen-bond donors (Lipinski definition) is 2. The lowest BCUT2D eigenvalue weighted by molar-refractivity contribution is -0.147. The Bertz CT molecular complexity index is 439. The number of aliphatic hydroxyl groups is 1. The molecule has 0 aliphatic carbocycles. The number of benzene rings is 1. The lowest BCUT2D eigenvalue weighted by Gasteiger charge is -2.18. The minimum Gasteiger partial charge on any atom is -0.493 e. The van der Waals surface area contributed by atoms with Gasteiger partial charge in [0, 0.05) is 5.56 Å². The summed E-state index contributed by atoms with van der Waals surface area (Å²) < 4.78 is 10.4. The lowest BCUT2D eigenvalue weighted by Crippen LogP contribution is -2.13. The maximum Gasteiger partial charge on any atom is 0.337 e. The molecule has 1 aromatic rings. The van der Waals surface area contributed by atoms with Crippen LogP contribution in [0, 0.1) is 13.8 Å². The summed E-state index contributed by atoms with van der Waals surface area (Å²) in [5.41, 5.74) is 1.59. The first-order chi connectivity index (χ1) is 7.93. The van der Waals surface area contributed by atoms with Gasteiger partial charge in [-0.25, -0.2) is 4.79 Å². The van der Waals surface area contributed by atoms with Crippen LogP contribution in [0.5, 0.6) is 11.5 Å². The molecular weight excluding hydrogens is 224 g/mol. The summed E-state index contributed by atoms with van der Waals surface area (Å²) in [6.45, 7) is 3.45. The molecule has 5 heteroatoms. The summed E-state index contributed by atoms with van der Waals surface area (Å²) in [5, 5.41) is 18.4.